The molecular weight excluding hydrogens is 576 g/mol. The van der Waals surface area contributed by atoms with Gasteiger partial charge in [-0.3, -0.25) is 4.79 Å². The third-order valence-electron chi connectivity index (χ3n) is 13.1. The maximum atomic E-state index is 12.8. The number of ether oxygens (including phenoxy) is 3. The summed E-state index contributed by atoms with van der Waals surface area (Å²) in [7, 11) is 0. The van der Waals surface area contributed by atoms with Gasteiger partial charge in [-0.2, -0.15) is 0 Å². The van der Waals surface area contributed by atoms with E-state index in [9.17, 15) is 30.0 Å². The second-order valence-electron chi connectivity index (χ2n) is 16.0. The lowest BCUT2D eigenvalue weighted by Gasteiger charge is -2.69. The molecule has 13 atom stereocenters. The molecule has 0 aromatic rings. The summed E-state index contributed by atoms with van der Waals surface area (Å²) in [5, 5.41) is 42.4. The molecular formula is C36H56O9. The van der Waals surface area contributed by atoms with E-state index >= 15 is 0 Å². The van der Waals surface area contributed by atoms with E-state index in [1.54, 1.807) is 6.08 Å². The van der Waals surface area contributed by atoms with Gasteiger partial charge in [-0.25, -0.2) is 4.79 Å². The fourth-order valence-corrected chi connectivity index (χ4v) is 11.0. The highest BCUT2D eigenvalue weighted by atomic mass is 16.7. The first kappa shape index (κ1) is 34.6. The van der Waals surface area contributed by atoms with Crippen molar-refractivity contribution in [2.45, 2.75) is 143 Å². The Morgan fingerprint density at radius 1 is 1.07 bits per heavy atom. The molecule has 9 nitrogen and oxygen atoms in total. The van der Waals surface area contributed by atoms with Gasteiger partial charge in [0, 0.05) is 12.5 Å². The van der Waals surface area contributed by atoms with Crippen LogP contribution in [0.25, 0.3) is 0 Å². The lowest BCUT2D eigenvalue weighted by atomic mass is 9.36. The minimum Gasteiger partial charge on any atom is -0.478 e. The van der Waals surface area contributed by atoms with Crippen LogP contribution in [0.2, 0.25) is 0 Å². The van der Waals surface area contributed by atoms with Crippen molar-refractivity contribution in [1.29, 1.82) is 0 Å². The lowest BCUT2D eigenvalue weighted by Crippen LogP contribution is -2.65. The summed E-state index contributed by atoms with van der Waals surface area (Å²) in [4.78, 5) is 25.2. The molecule has 254 valence electrons. The summed E-state index contributed by atoms with van der Waals surface area (Å²) in [6.07, 6.45) is 5.32. The second kappa shape index (κ2) is 12.7. The number of aliphatic hydroxyl groups excluding tert-OH is 3. The van der Waals surface area contributed by atoms with Crippen LogP contribution in [0, 0.1) is 45.8 Å². The molecule has 0 aromatic heterocycles. The molecule has 1 aliphatic heterocycles. The van der Waals surface area contributed by atoms with Crippen molar-refractivity contribution in [3.63, 3.8) is 0 Å². The van der Waals surface area contributed by atoms with E-state index in [4.69, 9.17) is 14.2 Å². The quantitative estimate of drug-likeness (QED) is 0.158. The molecule has 0 spiro atoms. The van der Waals surface area contributed by atoms with Gasteiger partial charge < -0.3 is 34.6 Å². The zero-order valence-corrected chi connectivity index (χ0v) is 28.2. The Balaban J connectivity index is 1.46. The fourth-order valence-electron chi connectivity index (χ4n) is 11.0. The van der Waals surface area contributed by atoms with Gasteiger partial charge in [0.05, 0.1) is 12.2 Å². The Kier molecular flexibility index (Phi) is 9.73. The summed E-state index contributed by atoms with van der Waals surface area (Å²) in [5.41, 5.74) is 0.272. The largest absolute Gasteiger partial charge is 0.478 e. The number of esters is 1. The van der Waals surface area contributed by atoms with E-state index in [0.717, 1.165) is 44.1 Å². The van der Waals surface area contributed by atoms with Crippen LogP contribution >= 0.6 is 0 Å². The highest BCUT2D eigenvalue weighted by molar-refractivity contribution is 5.88. The predicted octanol–water partition coefficient (Wildman–Crippen LogP) is 5.36. The summed E-state index contributed by atoms with van der Waals surface area (Å²) < 4.78 is 17.8. The number of hydrogen-bond acceptors (Lipinski definition) is 8. The summed E-state index contributed by atoms with van der Waals surface area (Å²) in [6, 6.07) is 0. The molecule has 9 heteroatoms. The van der Waals surface area contributed by atoms with Gasteiger partial charge >= 0.3 is 11.9 Å². The van der Waals surface area contributed by atoms with E-state index in [-0.39, 0.29) is 40.1 Å². The first-order valence-corrected chi connectivity index (χ1v) is 17.2. The first-order chi connectivity index (χ1) is 21.0. The molecule has 5 aliphatic rings. The van der Waals surface area contributed by atoms with Gasteiger partial charge in [0.1, 0.15) is 12.2 Å². The molecule has 0 bridgehead atoms. The number of aliphatic hydroxyl groups is 3. The number of fused-ring (bicyclic) bond motifs is 5. The van der Waals surface area contributed by atoms with Crippen LogP contribution in [-0.4, -0.2) is 69.4 Å². The minimum absolute atomic E-state index is 0.0113. The number of carboxylic acids is 1. The van der Waals surface area contributed by atoms with Crippen molar-refractivity contribution in [2.75, 3.05) is 0 Å². The summed E-state index contributed by atoms with van der Waals surface area (Å²) in [6.45, 7) is 14.8. The first-order valence-electron chi connectivity index (χ1n) is 17.2. The highest BCUT2D eigenvalue weighted by Crippen LogP contribution is 2.74. The van der Waals surface area contributed by atoms with E-state index in [2.05, 4.69) is 41.5 Å². The zero-order chi connectivity index (χ0) is 33.1. The molecule has 45 heavy (non-hydrogen) atoms. The molecule has 5 rings (SSSR count). The van der Waals surface area contributed by atoms with Gasteiger partial charge in [0.2, 0.25) is 0 Å². The smallest absolute Gasteiger partial charge is 0.331 e. The zero-order valence-electron chi connectivity index (χ0n) is 28.2. The van der Waals surface area contributed by atoms with Crippen LogP contribution in [0.4, 0.5) is 0 Å². The van der Waals surface area contributed by atoms with Gasteiger partial charge in [0.25, 0.3) is 0 Å². The Morgan fingerprint density at radius 3 is 2.40 bits per heavy atom. The molecule has 0 aromatic carbocycles. The summed E-state index contributed by atoms with van der Waals surface area (Å²) in [5.74, 6) is -0.614. The topological polar surface area (TPSA) is 143 Å². The number of carboxylic acid groups (broad SMARTS) is 1. The standard InChI is InChI=1S/C36H56O9/c1-19(2)9-8-10-22(32(40)41)30-24-17-26(39)31-34(5)15-14-27(44-29-12-11-25(38)33(42)45-29)20(3)23(34)13-16-35(31,6)36(24,7)18-28(30)43-21(4)37/h11-12,19-20,23-29,31,33,38-39,42H,8-10,13-18H2,1-7H3,(H,40,41)/b30-22-/t20-,23?,24-,25-,26+,27+,28-,29-,31?,33-,34-,35-,36-/m0/s1. The number of carbonyl (C=O) groups is 2. The Labute approximate surface area is 268 Å². The van der Waals surface area contributed by atoms with E-state index < -0.39 is 42.8 Å². The fraction of sp³-hybridized carbons (Fsp3) is 0.833. The van der Waals surface area contributed by atoms with Crippen molar-refractivity contribution < 1.29 is 44.2 Å². The Bertz CT molecular complexity index is 1190. The predicted molar refractivity (Wildman–Crippen MR) is 167 cm³/mol. The van der Waals surface area contributed by atoms with Crippen LogP contribution < -0.4 is 0 Å². The van der Waals surface area contributed by atoms with Gasteiger partial charge in [-0.1, -0.05) is 54.0 Å². The molecule has 4 fully saturated rings. The van der Waals surface area contributed by atoms with Crippen LogP contribution in [-0.2, 0) is 23.8 Å². The third kappa shape index (κ3) is 5.94. The molecule has 0 radical (unpaired) electrons. The van der Waals surface area contributed by atoms with Crippen molar-refractivity contribution in [3.8, 4) is 0 Å². The van der Waals surface area contributed by atoms with Crippen LogP contribution in [0.5, 0.6) is 0 Å². The van der Waals surface area contributed by atoms with Gasteiger partial charge in [0.15, 0.2) is 12.6 Å². The van der Waals surface area contributed by atoms with Crippen molar-refractivity contribution in [1.82, 2.24) is 0 Å². The third-order valence-corrected chi connectivity index (χ3v) is 13.1. The van der Waals surface area contributed by atoms with Crippen LogP contribution in [0.15, 0.2) is 23.3 Å². The van der Waals surface area contributed by atoms with Crippen molar-refractivity contribution >= 4 is 11.9 Å². The molecule has 4 N–H and O–H groups in total. The average molecular weight is 633 g/mol. The minimum atomic E-state index is -1.32. The summed E-state index contributed by atoms with van der Waals surface area (Å²) >= 11 is 0. The maximum absolute atomic E-state index is 12.8. The molecule has 0 amide bonds. The molecule has 4 aliphatic carbocycles. The molecule has 1 heterocycles. The normalized spacial score (nSPS) is 47.1. The maximum Gasteiger partial charge on any atom is 0.331 e. The van der Waals surface area contributed by atoms with Crippen LogP contribution in [0.1, 0.15) is 106 Å². The molecule has 4 saturated carbocycles. The SMILES string of the molecule is CC(=O)O[C@H]1C[C@@]2(C)[C@@H](C[C@@H](O)C3[C@@]4(C)CC[C@@H](O[C@@H]5C=C[C@H](O)[C@@H](O)O5)[C@@H](C)C4CC[C@@]32C)/C1=C(\CCCC(C)C)C(=O)O. The highest BCUT2D eigenvalue weighted by Gasteiger charge is 2.71. The Hall–Kier alpha value is -1.78. The van der Waals surface area contributed by atoms with Crippen LogP contribution in [0.3, 0.4) is 0 Å². The van der Waals surface area contributed by atoms with E-state index in [1.807, 2.05) is 0 Å². The molecule has 0 saturated heterocycles. The van der Waals surface area contributed by atoms with Gasteiger partial charge in [-0.05, 0) is 109 Å². The number of rotatable bonds is 8. The number of carbonyl (C=O) groups excluding carboxylic acids is 1. The Morgan fingerprint density at radius 2 is 1.78 bits per heavy atom. The number of hydrogen-bond donors (Lipinski definition) is 4. The molecule has 2 unspecified atom stereocenters. The lowest BCUT2D eigenvalue weighted by molar-refractivity contribution is -0.276. The van der Waals surface area contributed by atoms with Crippen molar-refractivity contribution in [3.05, 3.63) is 23.3 Å². The van der Waals surface area contributed by atoms with E-state index in [1.165, 1.54) is 13.0 Å². The van der Waals surface area contributed by atoms with Crippen molar-refractivity contribution in [2.24, 2.45) is 45.8 Å². The van der Waals surface area contributed by atoms with E-state index in [0.29, 0.717) is 36.7 Å². The van der Waals surface area contributed by atoms with Gasteiger partial charge in [-0.15, -0.1) is 0 Å². The average Bonchev–Trinajstić information content (AvgIpc) is 3.21. The second-order valence-corrected chi connectivity index (χ2v) is 16.0. The monoisotopic (exact) mass is 632 g/mol. The number of aliphatic carboxylic acids is 1.